The molecule has 1 saturated heterocycles. The van der Waals surface area contributed by atoms with Gasteiger partial charge in [-0.25, -0.2) is 4.98 Å². The molecule has 1 aliphatic rings. The van der Waals surface area contributed by atoms with Gasteiger partial charge >= 0.3 is 5.97 Å². The second-order valence-electron chi connectivity index (χ2n) is 7.59. The number of hydrogen-bond donors (Lipinski definition) is 0. The number of pyridine rings is 1. The standard InChI is InChI=1S/C19H28N4O2/c1-19(2,3)25-18(24)14-22(4)16-6-5-10-23(11-9-16)17-8-7-15(12-20)21-13-17/h7-8,13,16H,5-6,9-11,14H2,1-4H3/t16-/m0/s1. The molecule has 6 heteroatoms. The summed E-state index contributed by atoms with van der Waals surface area (Å²) in [5.41, 5.74) is 1.05. The number of rotatable bonds is 4. The summed E-state index contributed by atoms with van der Waals surface area (Å²) in [5.74, 6) is -0.174. The van der Waals surface area contributed by atoms with Crippen molar-refractivity contribution in [2.75, 3.05) is 31.6 Å². The van der Waals surface area contributed by atoms with Gasteiger partial charge in [0, 0.05) is 19.1 Å². The maximum atomic E-state index is 12.0. The first-order valence-electron chi connectivity index (χ1n) is 8.81. The minimum Gasteiger partial charge on any atom is -0.459 e. The van der Waals surface area contributed by atoms with Crippen LogP contribution in [-0.2, 0) is 9.53 Å². The molecule has 6 nitrogen and oxygen atoms in total. The number of hydrogen-bond acceptors (Lipinski definition) is 6. The molecule has 0 unspecified atom stereocenters. The third kappa shape index (κ3) is 6.02. The van der Waals surface area contributed by atoms with Crippen LogP contribution in [0.3, 0.4) is 0 Å². The van der Waals surface area contributed by atoms with Gasteiger partial charge in [0.25, 0.3) is 0 Å². The first-order valence-corrected chi connectivity index (χ1v) is 8.81. The molecule has 0 radical (unpaired) electrons. The van der Waals surface area contributed by atoms with E-state index in [0.29, 0.717) is 18.3 Å². The highest BCUT2D eigenvalue weighted by Gasteiger charge is 2.24. The lowest BCUT2D eigenvalue weighted by molar-refractivity contribution is -0.156. The lowest BCUT2D eigenvalue weighted by atomic mass is 10.1. The Bertz CT molecular complexity index is 616. The van der Waals surface area contributed by atoms with Crippen LogP contribution in [0, 0.1) is 11.3 Å². The number of carbonyl (C=O) groups excluding carboxylic acids is 1. The molecule has 2 heterocycles. The number of likely N-dealkylation sites (N-methyl/N-ethyl adjacent to an activating group) is 1. The molecule has 1 fully saturated rings. The molecule has 0 amide bonds. The quantitative estimate of drug-likeness (QED) is 0.782. The zero-order valence-electron chi connectivity index (χ0n) is 15.7. The zero-order valence-corrected chi connectivity index (χ0v) is 15.7. The van der Waals surface area contributed by atoms with Crippen LogP contribution in [-0.4, -0.2) is 54.2 Å². The summed E-state index contributed by atoms with van der Waals surface area (Å²) in [6, 6.07) is 6.12. The largest absolute Gasteiger partial charge is 0.459 e. The molecule has 0 spiro atoms. The van der Waals surface area contributed by atoms with Crippen molar-refractivity contribution in [1.29, 1.82) is 5.26 Å². The van der Waals surface area contributed by atoms with Gasteiger partial charge in [-0.15, -0.1) is 0 Å². The number of nitrogens with zero attached hydrogens (tertiary/aromatic N) is 4. The number of ether oxygens (including phenoxy) is 1. The van der Waals surface area contributed by atoms with E-state index >= 15 is 0 Å². The van der Waals surface area contributed by atoms with Crippen molar-refractivity contribution in [2.45, 2.75) is 51.7 Å². The lowest BCUT2D eigenvalue weighted by Gasteiger charge is -2.28. The van der Waals surface area contributed by atoms with E-state index < -0.39 is 5.60 Å². The van der Waals surface area contributed by atoms with Crippen molar-refractivity contribution in [3.05, 3.63) is 24.0 Å². The van der Waals surface area contributed by atoms with Crippen LogP contribution in [0.4, 0.5) is 5.69 Å². The molecule has 1 atom stereocenters. The third-order valence-electron chi connectivity index (χ3n) is 4.35. The molecule has 0 N–H and O–H groups in total. The first-order chi connectivity index (χ1) is 11.8. The topological polar surface area (TPSA) is 69.5 Å². The summed E-state index contributed by atoms with van der Waals surface area (Å²) in [6.07, 6.45) is 4.87. The molecule has 2 rings (SSSR count). The second-order valence-corrected chi connectivity index (χ2v) is 7.59. The van der Waals surface area contributed by atoms with Crippen LogP contribution >= 0.6 is 0 Å². The van der Waals surface area contributed by atoms with E-state index in [2.05, 4.69) is 14.8 Å². The Kier molecular flexibility index (Phi) is 6.38. The monoisotopic (exact) mass is 344 g/mol. The Balaban J connectivity index is 1.89. The summed E-state index contributed by atoms with van der Waals surface area (Å²) in [7, 11) is 1.99. The van der Waals surface area contributed by atoms with Crippen LogP contribution in [0.5, 0.6) is 0 Å². The number of nitriles is 1. The predicted octanol–water partition coefficient (Wildman–Crippen LogP) is 2.59. The molecule has 1 aliphatic heterocycles. The molecule has 0 aliphatic carbocycles. The summed E-state index contributed by atoms with van der Waals surface area (Å²) in [5, 5.41) is 8.85. The Morgan fingerprint density at radius 2 is 2.16 bits per heavy atom. The highest BCUT2D eigenvalue weighted by atomic mass is 16.6. The molecule has 1 aromatic rings. The Morgan fingerprint density at radius 3 is 2.76 bits per heavy atom. The smallest absolute Gasteiger partial charge is 0.320 e. The van der Waals surface area contributed by atoms with Crippen molar-refractivity contribution in [3.63, 3.8) is 0 Å². The highest BCUT2D eigenvalue weighted by Crippen LogP contribution is 2.21. The molecule has 25 heavy (non-hydrogen) atoms. The van der Waals surface area contributed by atoms with Crippen molar-refractivity contribution in [1.82, 2.24) is 9.88 Å². The van der Waals surface area contributed by atoms with Crippen molar-refractivity contribution in [3.8, 4) is 6.07 Å². The van der Waals surface area contributed by atoms with Gasteiger partial charge in [0.15, 0.2) is 0 Å². The second kappa shape index (κ2) is 8.30. The van der Waals surface area contributed by atoms with E-state index in [1.165, 1.54) is 0 Å². The van der Waals surface area contributed by atoms with E-state index in [1.807, 2.05) is 40.0 Å². The highest BCUT2D eigenvalue weighted by molar-refractivity contribution is 5.72. The minimum atomic E-state index is -0.444. The maximum absolute atomic E-state index is 12.0. The van der Waals surface area contributed by atoms with Crippen molar-refractivity contribution >= 4 is 11.7 Å². The van der Waals surface area contributed by atoms with E-state index in [9.17, 15) is 4.79 Å². The Hall–Kier alpha value is -2.13. The van der Waals surface area contributed by atoms with E-state index in [1.54, 1.807) is 12.3 Å². The molecule has 0 aromatic carbocycles. The normalized spacial score (nSPS) is 18.6. The van der Waals surface area contributed by atoms with Gasteiger partial charge in [-0.05, 0) is 59.2 Å². The molecule has 136 valence electrons. The van der Waals surface area contributed by atoms with Gasteiger partial charge in [0.2, 0.25) is 0 Å². The van der Waals surface area contributed by atoms with E-state index in [-0.39, 0.29) is 5.97 Å². The summed E-state index contributed by atoms with van der Waals surface area (Å²) >= 11 is 0. The van der Waals surface area contributed by atoms with Crippen LogP contribution in [0.25, 0.3) is 0 Å². The predicted molar refractivity (Wildman–Crippen MR) is 97.3 cm³/mol. The number of esters is 1. The van der Waals surface area contributed by atoms with Crippen LogP contribution in [0.15, 0.2) is 18.3 Å². The number of carbonyl (C=O) groups is 1. The number of anilines is 1. The van der Waals surface area contributed by atoms with Gasteiger partial charge < -0.3 is 9.64 Å². The Labute approximate surface area is 150 Å². The summed E-state index contributed by atoms with van der Waals surface area (Å²) < 4.78 is 5.42. The van der Waals surface area contributed by atoms with Gasteiger partial charge in [-0.3, -0.25) is 9.69 Å². The molecular weight excluding hydrogens is 316 g/mol. The van der Waals surface area contributed by atoms with Crippen molar-refractivity contribution in [2.24, 2.45) is 0 Å². The Morgan fingerprint density at radius 1 is 1.40 bits per heavy atom. The summed E-state index contributed by atoms with van der Waals surface area (Å²) in [4.78, 5) is 20.6. The zero-order chi connectivity index (χ0) is 18.4. The fourth-order valence-electron chi connectivity index (χ4n) is 3.12. The lowest BCUT2D eigenvalue weighted by Crippen LogP contribution is -2.39. The first kappa shape index (κ1) is 19.2. The molecule has 0 bridgehead atoms. The average molecular weight is 344 g/mol. The number of aromatic nitrogens is 1. The van der Waals surface area contributed by atoms with Crippen molar-refractivity contribution < 1.29 is 9.53 Å². The molecule has 0 saturated carbocycles. The average Bonchev–Trinajstić information content (AvgIpc) is 2.79. The third-order valence-corrected chi connectivity index (χ3v) is 4.35. The van der Waals surface area contributed by atoms with Crippen LogP contribution < -0.4 is 4.90 Å². The van der Waals surface area contributed by atoms with Gasteiger partial charge in [-0.2, -0.15) is 5.26 Å². The van der Waals surface area contributed by atoms with Gasteiger partial charge in [0.05, 0.1) is 18.4 Å². The van der Waals surface area contributed by atoms with Crippen LogP contribution in [0.2, 0.25) is 0 Å². The van der Waals surface area contributed by atoms with Gasteiger partial charge in [0.1, 0.15) is 17.4 Å². The fourth-order valence-corrected chi connectivity index (χ4v) is 3.12. The van der Waals surface area contributed by atoms with E-state index in [0.717, 1.165) is 38.0 Å². The molecular formula is C19H28N4O2. The maximum Gasteiger partial charge on any atom is 0.320 e. The summed E-state index contributed by atoms with van der Waals surface area (Å²) in [6.45, 7) is 7.86. The molecule has 1 aromatic heterocycles. The van der Waals surface area contributed by atoms with Crippen LogP contribution in [0.1, 0.15) is 45.7 Å². The van der Waals surface area contributed by atoms with Gasteiger partial charge in [-0.1, -0.05) is 0 Å². The SMILES string of the molecule is CN(CC(=O)OC(C)(C)C)[C@H]1CCCN(c2ccc(C#N)nc2)CC1. The van der Waals surface area contributed by atoms with E-state index in [4.69, 9.17) is 10.00 Å². The fraction of sp³-hybridized carbons (Fsp3) is 0.632. The minimum absolute atomic E-state index is 0.174.